The third kappa shape index (κ3) is 3.87. The minimum absolute atomic E-state index is 0.163. The van der Waals surface area contributed by atoms with Gasteiger partial charge in [-0.05, 0) is 24.3 Å². The molecule has 9 nitrogen and oxygen atoms in total. The first-order valence-electron chi connectivity index (χ1n) is 8.68. The largest absolute Gasteiger partial charge is 0.323 e. The molecule has 0 saturated carbocycles. The molecule has 1 saturated heterocycles. The van der Waals surface area contributed by atoms with E-state index in [4.69, 9.17) is 0 Å². The number of nitrogens with one attached hydrogen (secondary N) is 1. The summed E-state index contributed by atoms with van der Waals surface area (Å²) in [6.45, 7) is 1.81. The quantitative estimate of drug-likeness (QED) is 0.659. The summed E-state index contributed by atoms with van der Waals surface area (Å²) in [6, 6.07) is 8.60. The maximum atomic E-state index is 12.6. The van der Waals surface area contributed by atoms with Crippen LogP contribution in [-0.2, 0) is 14.8 Å². The van der Waals surface area contributed by atoms with E-state index < -0.39 is 10.0 Å². The molecular formula is C17H18N6O3S2. The Morgan fingerprint density at radius 2 is 1.93 bits per heavy atom. The lowest BCUT2D eigenvalue weighted by atomic mass is 10.2. The molecule has 0 atom stereocenters. The highest BCUT2D eigenvalue weighted by atomic mass is 32.2. The summed E-state index contributed by atoms with van der Waals surface area (Å²) in [4.78, 5) is 18.4. The second kappa shape index (κ2) is 7.87. The van der Waals surface area contributed by atoms with Crippen molar-refractivity contribution in [3.8, 4) is 0 Å². The van der Waals surface area contributed by atoms with Gasteiger partial charge in [0.15, 0.2) is 0 Å². The van der Waals surface area contributed by atoms with Gasteiger partial charge in [0.1, 0.15) is 15.9 Å². The van der Waals surface area contributed by atoms with E-state index in [0.717, 1.165) is 17.2 Å². The van der Waals surface area contributed by atoms with E-state index in [1.807, 2.05) is 17.0 Å². The van der Waals surface area contributed by atoms with E-state index in [1.54, 1.807) is 12.1 Å². The van der Waals surface area contributed by atoms with E-state index >= 15 is 0 Å². The lowest BCUT2D eigenvalue weighted by Crippen LogP contribution is -2.50. The normalized spacial score (nSPS) is 16.3. The summed E-state index contributed by atoms with van der Waals surface area (Å²) in [6.07, 6.45) is 2.89. The van der Waals surface area contributed by atoms with Crippen LogP contribution in [0.4, 0.5) is 5.69 Å². The van der Waals surface area contributed by atoms with Gasteiger partial charge in [0.05, 0.1) is 24.0 Å². The molecule has 1 aliphatic heterocycles. The molecule has 1 aliphatic rings. The standard InChI is InChI=1S/C17H18N6O3S2/c24-16(19-14-4-1-5-15-17(14)21-27-20-15)12-22-7-9-23(10-8-22)28(25,26)13-3-2-6-18-11-13/h1-6,11H,7-10,12H2,(H,19,24). The van der Waals surface area contributed by atoms with Crippen LogP contribution in [0.3, 0.4) is 0 Å². The van der Waals surface area contributed by atoms with Gasteiger partial charge in [0.2, 0.25) is 15.9 Å². The van der Waals surface area contributed by atoms with Crippen LogP contribution in [0.15, 0.2) is 47.6 Å². The molecule has 1 amide bonds. The van der Waals surface area contributed by atoms with Crippen molar-refractivity contribution in [2.24, 2.45) is 0 Å². The number of benzene rings is 1. The third-order valence-corrected chi connectivity index (χ3v) is 6.96. The molecule has 1 fully saturated rings. The monoisotopic (exact) mass is 418 g/mol. The van der Waals surface area contributed by atoms with Crippen molar-refractivity contribution in [3.05, 3.63) is 42.7 Å². The van der Waals surface area contributed by atoms with Crippen molar-refractivity contribution in [2.45, 2.75) is 4.90 Å². The van der Waals surface area contributed by atoms with Gasteiger partial charge in [-0.25, -0.2) is 8.42 Å². The van der Waals surface area contributed by atoms with Crippen LogP contribution in [0, 0.1) is 0 Å². The number of fused-ring (bicyclic) bond motifs is 1. The number of pyridine rings is 1. The molecule has 0 spiro atoms. The van der Waals surface area contributed by atoms with Gasteiger partial charge in [-0.3, -0.25) is 14.7 Å². The molecule has 146 valence electrons. The molecule has 0 aliphatic carbocycles. The predicted molar refractivity (Wildman–Crippen MR) is 105 cm³/mol. The highest BCUT2D eigenvalue weighted by Gasteiger charge is 2.29. The Hall–Kier alpha value is -2.47. The van der Waals surface area contributed by atoms with Crippen LogP contribution in [0.25, 0.3) is 11.0 Å². The van der Waals surface area contributed by atoms with Gasteiger partial charge in [0, 0.05) is 38.6 Å². The second-order valence-corrected chi connectivity index (χ2v) is 8.82. The molecule has 2 aromatic heterocycles. The Balaban J connectivity index is 1.34. The maximum absolute atomic E-state index is 12.6. The SMILES string of the molecule is O=C(CN1CCN(S(=O)(=O)c2cccnc2)CC1)Nc1cccc2nsnc12. The maximum Gasteiger partial charge on any atom is 0.244 e. The molecule has 3 heterocycles. The molecule has 0 radical (unpaired) electrons. The van der Waals surface area contributed by atoms with Gasteiger partial charge in [-0.1, -0.05) is 6.07 Å². The minimum atomic E-state index is -3.55. The number of sulfonamides is 1. The molecule has 1 N–H and O–H groups in total. The Kier molecular flexibility index (Phi) is 5.31. The first kappa shape index (κ1) is 18.9. The lowest BCUT2D eigenvalue weighted by Gasteiger charge is -2.33. The molecule has 11 heteroatoms. The average Bonchev–Trinajstić information content (AvgIpc) is 3.19. The van der Waals surface area contributed by atoms with Crippen molar-refractivity contribution in [2.75, 3.05) is 38.0 Å². The average molecular weight is 419 g/mol. The Labute approximate surface area is 166 Å². The summed E-state index contributed by atoms with van der Waals surface area (Å²) in [5.41, 5.74) is 2.05. The topological polar surface area (TPSA) is 108 Å². The van der Waals surface area contributed by atoms with E-state index in [1.165, 1.54) is 22.8 Å². The Bertz CT molecular complexity index is 1080. The second-order valence-electron chi connectivity index (χ2n) is 6.35. The molecular weight excluding hydrogens is 400 g/mol. The first-order valence-corrected chi connectivity index (χ1v) is 10.8. The van der Waals surface area contributed by atoms with E-state index in [-0.39, 0.29) is 17.3 Å². The van der Waals surface area contributed by atoms with Crippen LogP contribution in [0.2, 0.25) is 0 Å². The fourth-order valence-corrected chi connectivity index (χ4v) is 5.01. The number of piperazine rings is 1. The van der Waals surface area contributed by atoms with Gasteiger partial charge >= 0.3 is 0 Å². The number of rotatable bonds is 5. The highest BCUT2D eigenvalue weighted by Crippen LogP contribution is 2.21. The molecule has 1 aromatic carbocycles. The Morgan fingerprint density at radius 3 is 2.68 bits per heavy atom. The van der Waals surface area contributed by atoms with Crippen LogP contribution in [0.1, 0.15) is 0 Å². The zero-order valence-electron chi connectivity index (χ0n) is 14.9. The van der Waals surface area contributed by atoms with Crippen molar-refractivity contribution in [1.82, 2.24) is 22.9 Å². The van der Waals surface area contributed by atoms with Gasteiger partial charge < -0.3 is 5.32 Å². The number of aromatic nitrogens is 3. The molecule has 0 bridgehead atoms. The van der Waals surface area contributed by atoms with E-state index in [2.05, 4.69) is 19.0 Å². The number of anilines is 1. The Morgan fingerprint density at radius 1 is 1.11 bits per heavy atom. The van der Waals surface area contributed by atoms with Crippen LogP contribution >= 0.6 is 11.7 Å². The zero-order valence-corrected chi connectivity index (χ0v) is 16.5. The number of nitrogens with zero attached hydrogens (tertiary/aromatic N) is 5. The van der Waals surface area contributed by atoms with Crippen LogP contribution in [-0.4, -0.2) is 70.0 Å². The summed E-state index contributed by atoms with van der Waals surface area (Å²) in [5, 5.41) is 2.87. The zero-order chi connectivity index (χ0) is 19.6. The number of carbonyl (C=O) groups excluding carboxylic acids is 1. The van der Waals surface area contributed by atoms with Crippen molar-refractivity contribution in [1.29, 1.82) is 0 Å². The van der Waals surface area contributed by atoms with Crippen molar-refractivity contribution >= 4 is 44.4 Å². The molecule has 3 aromatic rings. The van der Waals surface area contributed by atoms with E-state index in [9.17, 15) is 13.2 Å². The number of amides is 1. The van der Waals surface area contributed by atoms with Crippen molar-refractivity contribution < 1.29 is 13.2 Å². The molecule has 0 unspecified atom stereocenters. The number of carbonyl (C=O) groups is 1. The highest BCUT2D eigenvalue weighted by molar-refractivity contribution is 7.89. The fraction of sp³-hybridized carbons (Fsp3) is 0.294. The molecule has 4 rings (SSSR count). The summed E-state index contributed by atoms with van der Waals surface area (Å²) in [7, 11) is -3.55. The van der Waals surface area contributed by atoms with Gasteiger partial charge in [0.25, 0.3) is 0 Å². The third-order valence-electron chi connectivity index (χ3n) is 4.53. The van der Waals surface area contributed by atoms with E-state index in [0.29, 0.717) is 37.4 Å². The molecule has 28 heavy (non-hydrogen) atoms. The first-order chi connectivity index (χ1) is 13.5. The van der Waals surface area contributed by atoms with Crippen LogP contribution < -0.4 is 5.32 Å². The minimum Gasteiger partial charge on any atom is -0.323 e. The van der Waals surface area contributed by atoms with Gasteiger partial charge in [-0.2, -0.15) is 13.1 Å². The summed E-state index contributed by atoms with van der Waals surface area (Å²) >= 11 is 1.10. The fourth-order valence-electron chi connectivity index (χ4n) is 3.08. The van der Waals surface area contributed by atoms with Crippen LogP contribution in [0.5, 0.6) is 0 Å². The predicted octanol–water partition coefficient (Wildman–Crippen LogP) is 1.03. The smallest absolute Gasteiger partial charge is 0.244 e. The summed E-state index contributed by atoms with van der Waals surface area (Å²) < 4.78 is 35.1. The lowest BCUT2D eigenvalue weighted by molar-refractivity contribution is -0.117. The van der Waals surface area contributed by atoms with Gasteiger partial charge in [-0.15, -0.1) is 0 Å². The number of hydrogen-bond acceptors (Lipinski definition) is 8. The number of hydrogen-bond donors (Lipinski definition) is 1. The summed E-state index contributed by atoms with van der Waals surface area (Å²) in [5.74, 6) is -0.163. The van der Waals surface area contributed by atoms with Crippen molar-refractivity contribution in [3.63, 3.8) is 0 Å².